The van der Waals surface area contributed by atoms with Crippen LogP contribution in [-0.4, -0.2) is 59.0 Å². The molecule has 3 heterocycles. The first-order valence-electron chi connectivity index (χ1n) is 8.51. The molecular formula is C17H26N4OS. The molecule has 0 bridgehead atoms. The van der Waals surface area contributed by atoms with Gasteiger partial charge in [-0.05, 0) is 30.5 Å². The largest absolute Gasteiger partial charge is 0.353 e. The number of piperidine rings is 1. The fraction of sp³-hybridized carbons (Fsp3) is 0.647. The van der Waals surface area contributed by atoms with Gasteiger partial charge in [-0.15, -0.1) is 0 Å². The van der Waals surface area contributed by atoms with E-state index < -0.39 is 0 Å². The molecule has 1 aromatic heterocycles. The fourth-order valence-electron chi connectivity index (χ4n) is 3.24. The van der Waals surface area contributed by atoms with Crippen LogP contribution in [0.5, 0.6) is 0 Å². The first-order chi connectivity index (χ1) is 11.3. The van der Waals surface area contributed by atoms with E-state index in [1.54, 1.807) is 0 Å². The average Bonchev–Trinajstić information content (AvgIpc) is 2.58. The summed E-state index contributed by atoms with van der Waals surface area (Å²) in [4.78, 5) is 18.7. The summed E-state index contributed by atoms with van der Waals surface area (Å²) >= 11 is 1.94. The molecule has 6 heteroatoms. The summed E-state index contributed by atoms with van der Waals surface area (Å²) in [5.41, 5.74) is 1.31. The predicted molar refractivity (Wildman–Crippen MR) is 94.4 cm³/mol. The van der Waals surface area contributed by atoms with Gasteiger partial charge in [-0.3, -0.25) is 14.7 Å². The first kappa shape index (κ1) is 16.7. The second kappa shape index (κ2) is 8.66. The van der Waals surface area contributed by atoms with Gasteiger partial charge in [0.15, 0.2) is 0 Å². The molecule has 2 N–H and O–H groups in total. The number of carbonyl (C=O) groups is 1. The van der Waals surface area contributed by atoms with E-state index in [9.17, 15) is 4.79 Å². The van der Waals surface area contributed by atoms with Crippen molar-refractivity contribution in [1.29, 1.82) is 0 Å². The normalized spacial score (nSPS) is 23.6. The molecule has 5 nitrogen and oxygen atoms in total. The zero-order chi connectivity index (χ0) is 15.9. The summed E-state index contributed by atoms with van der Waals surface area (Å²) in [5.74, 6) is 2.42. The molecule has 3 rings (SSSR count). The molecule has 2 saturated heterocycles. The third-order valence-electron chi connectivity index (χ3n) is 4.54. The van der Waals surface area contributed by atoms with Crippen molar-refractivity contribution in [2.24, 2.45) is 0 Å². The van der Waals surface area contributed by atoms with Crippen molar-refractivity contribution in [3.63, 3.8) is 0 Å². The van der Waals surface area contributed by atoms with Gasteiger partial charge in [-0.25, -0.2) is 0 Å². The van der Waals surface area contributed by atoms with E-state index in [2.05, 4.69) is 32.7 Å². The summed E-state index contributed by atoms with van der Waals surface area (Å²) in [6.45, 7) is 4.10. The van der Waals surface area contributed by atoms with Gasteiger partial charge in [0.25, 0.3) is 0 Å². The Hall–Kier alpha value is -1.11. The van der Waals surface area contributed by atoms with Crippen LogP contribution in [0.2, 0.25) is 0 Å². The highest BCUT2D eigenvalue weighted by Crippen LogP contribution is 2.15. The Labute approximate surface area is 142 Å². The number of aromatic nitrogens is 1. The van der Waals surface area contributed by atoms with Crippen molar-refractivity contribution in [2.45, 2.75) is 37.9 Å². The van der Waals surface area contributed by atoms with Gasteiger partial charge in [-0.2, -0.15) is 11.8 Å². The minimum absolute atomic E-state index is 0.206. The lowest BCUT2D eigenvalue weighted by molar-refractivity contribution is -0.122. The van der Waals surface area contributed by atoms with E-state index in [4.69, 9.17) is 0 Å². The molecule has 1 atom stereocenters. The van der Waals surface area contributed by atoms with E-state index in [0.717, 1.165) is 50.5 Å². The maximum absolute atomic E-state index is 12.2. The number of carbonyl (C=O) groups excluding carboxylic acids is 1. The minimum Gasteiger partial charge on any atom is -0.353 e. The van der Waals surface area contributed by atoms with Crippen molar-refractivity contribution in [3.8, 4) is 0 Å². The zero-order valence-electron chi connectivity index (χ0n) is 13.5. The number of pyridine rings is 1. The second-order valence-electron chi connectivity index (χ2n) is 6.40. The van der Waals surface area contributed by atoms with Crippen LogP contribution in [0.4, 0.5) is 0 Å². The predicted octanol–water partition coefficient (Wildman–Crippen LogP) is 1.26. The molecule has 126 valence electrons. The highest BCUT2D eigenvalue weighted by atomic mass is 32.2. The van der Waals surface area contributed by atoms with Gasteiger partial charge in [-0.1, -0.05) is 0 Å². The zero-order valence-corrected chi connectivity index (χ0v) is 14.4. The summed E-state index contributed by atoms with van der Waals surface area (Å²) < 4.78 is 0. The van der Waals surface area contributed by atoms with E-state index in [1.807, 2.05) is 24.2 Å². The van der Waals surface area contributed by atoms with Crippen LogP contribution in [0.3, 0.4) is 0 Å². The number of hydrogen-bond acceptors (Lipinski definition) is 5. The molecule has 2 aliphatic rings. The lowest BCUT2D eigenvalue weighted by atomic mass is 10.0. The molecule has 1 amide bonds. The molecule has 0 radical (unpaired) electrons. The number of likely N-dealkylation sites (tertiary alicyclic amines) is 1. The summed E-state index contributed by atoms with van der Waals surface area (Å²) in [6, 6.07) is 4.83. The van der Waals surface area contributed by atoms with Gasteiger partial charge in [0.1, 0.15) is 0 Å². The summed E-state index contributed by atoms with van der Waals surface area (Å²) in [7, 11) is 0. The number of hydrogen-bond donors (Lipinski definition) is 2. The molecule has 0 aromatic carbocycles. The molecule has 1 unspecified atom stereocenters. The van der Waals surface area contributed by atoms with Crippen LogP contribution in [0.25, 0.3) is 0 Å². The molecular weight excluding hydrogens is 308 g/mol. The molecule has 0 aliphatic carbocycles. The van der Waals surface area contributed by atoms with Crippen molar-refractivity contribution < 1.29 is 4.79 Å². The SMILES string of the molecule is O=C(CC1CSCCN1)NC1CCN(Cc2ccncc2)CC1. The van der Waals surface area contributed by atoms with E-state index in [-0.39, 0.29) is 5.91 Å². The second-order valence-corrected chi connectivity index (χ2v) is 7.55. The minimum atomic E-state index is 0.206. The van der Waals surface area contributed by atoms with Crippen molar-refractivity contribution >= 4 is 17.7 Å². The molecule has 2 fully saturated rings. The van der Waals surface area contributed by atoms with Gasteiger partial charge in [0.05, 0.1) is 0 Å². The van der Waals surface area contributed by atoms with Crippen LogP contribution in [0.1, 0.15) is 24.8 Å². The maximum Gasteiger partial charge on any atom is 0.221 e. The Kier molecular flexibility index (Phi) is 6.30. The smallest absolute Gasteiger partial charge is 0.221 e. The Morgan fingerprint density at radius 3 is 2.83 bits per heavy atom. The van der Waals surface area contributed by atoms with Crippen LogP contribution in [0, 0.1) is 0 Å². The molecule has 23 heavy (non-hydrogen) atoms. The first-order valence-corrected chi connectivity index (χ1v) is 9.67. The van der Waals surface area contributed by atoms with Gasteiger partial charge < -0.3 is 10.6 Å². The van der Waals surface area contributed by atoms with Crippen LogP contribution < -0.4 is 10.6 Å². The van der Waals surface area contributed by atoms with Crippen LogP contribution in [0.15, 0.2) is 24.5 Å². The van der Waals surface area contributed by atoms with Crippen molar-refractivity contribution in [2.75, 3.05) is 31.1 Å². The highest BCUT2D eigenvalue weighted by Gasteiger charge is 2.22. The number of amides is 1. The molecule has 2 aliphatic heterocycles. The average molecular weight is 334 g/mol. The van der Waals surface area contributed by atoms with E-state index in [1.165, 1.54) is 5.56 Å². The standard InChI is InChI=1S/C17H26N4OS/c22-17(11-16-13-23-10-7-19-16)20-15-3-8-21(9-4-15)12-14-1-5-18-6-2-14/h1-2,5-6,15-16,19H,3-4,7-13H2,(H,20,22). The van der Waals surface area contributed by atoms with Crippen LogP contribution >= 0.6 is 11.8 Å². The number of nitrogens with zero attached hydrogens (tertiary/aromatic N) is 2. The molecule has 1 aromatic rings. The van der Waals surface area contributed by atoms with Gasteiger partial charge >= 0.3 is 0 Å². The van der Waals surface area contributed by atoms with E-state index >= 15 is 0 Å². The third kappa shape index (κ3) is 5.48. The topological polar surface area (TPSA) is 57.3 Å². The lowest BCUT2D eigenvalue weighted by Crippen LogP contribution is -2.47. The number of thioether (sulfide) groups is 1. The van der Waals surface area contributed by atoms with Gasteiger partial charge in [0.2, 0.25) is 5.91 Å². The quantitative estimate of drug-likeness (QED) is 0.849. The number of rotatable bonds is 5. The molecule has 0 spiro atoms. The van der Waals surface area contributed by atoms with Gasteiger partial charge in [0, 0.05) is 68.6 Å². The third-order valence-corrected chi connectivity index (χ3v) is 5.67. The Morgan fingerprint density at radius 1 is 1.35 bits per heavy atom. The lowest BCUT2D eigenvalue weighted by Gasteiger charge is -2.32. The summed E-state index contributed by atoms with van der Waals surface area (Å²) in [5, 5.41) is 6.65. The Bertz CT molecular complexity index is 485. The maximum atomic E-state index is 12.2. The highest BCUT2D eigenvalue weighted by molar-refractivity contribution is 7.99. The Balaban J connectivity index is 1.36. The van der Waals surface area contributed by atoms with Crippen molar-refractivity contribution in [1.82, 2.24) is 20.5 Å². The summed E-state index contributed by atoms with van der Waals surface area (Å²) in [6.07, 6.45) is 6.40. The fourth-order valence-corrected chi connectivity index (χ4v) is 4.19. The van der Waals surface area contributed by atoms with E-state index in [0.29, 0.717) is 18.5 Å². The Morgan fingerprint density at radius 2 is 2.13 bits per heavy atom. The number of nitrogens with one attached hydrogen (secondary N) is 2. The molecule has 0 saturated carbocycles. The monoisotopic (exact) mass is 334 g/mol. The van der Waals surface area contributed by atoms with Crippen LogP contribution in [-0.2, 0) is 11.3 Å². The van der Waals surface area contributed by atoms with Crippen molar-refractivity contribution in [3.05, 3.63) is 30.1 Å².